The standard InChI is InChI=1S/C17H22N2O5S/c1-23-12-14-13-6-3-4-7-15(13)24-16(14)17(20)18-8-5-9-19(11-10-18)25(2,21)22/h3-4,6-7H,5,8-12H2,1-2H3. The number of furan rings is 1. The molecule has 0 bridgehead atoms. The van der Waals surface area contributed by atoms with Crippen LogP contribution < -0.4 is 0 Å². The van der Waals surface area contributed by atoms with Gasteiger partial charge in [0.25, 0.3) is 5.91 Å². The van der Waals surface area contributed by atoms with Crippen molar-refractivity contribution in [2.75, 3.05) is 39.5 Å². The Balaban J connectivity index is 1.88. The summed E-state index contributed by atoms with van der Waals surface area (Å²) in [5.74, 6) is 0.0504. The van der Waals surface area contributed by atoms with Crippen LogP contribution in [0.5, 0.6) is 0 Å². The average molecular weight is 366 g/mol. The number of hydrogen-bond donors (Lipinski definition) is 0. The lowest BCUT2D eigenvalue weighted by Gasteiger charge is -2.20. The van der Waals surface area contributed by atoms with Gasteiger partial charge in [0.15, 0.2) is 5.76 Å². The minimum absolute atomic E-state index is 0.224. The number of rotatable bonds is 4. The van der Waals surface area contributed by atoms with Gasteiger partial charge in [0.2, 0.25) is 10.0 Å². The Bertz CT molecular complexity index is 874. The van der Waals surface area contributed by atoms with Gasteiger partial charge in [-0.2, -0.15) is 0 Å². The molecule has 25 heavy (non-hydrogen) atoms. The highest BCUT2D eigenvalue weighted by Gasteiger charge is 2.28. The van der Waals surface area contributed by atoms with E-state index in [1.54, 1.807) is 12.0 Å². The summed E-state index contributed by atoms with van der Waals surface area (Å²) in [7, 11) is -1.67. The molecule has 0 saturated carbocycles. The van der Waals surface area contributed by atoms with Crippen LogP contribution in [-0.2, 0) is 21.4 Å². The van der Waals surface area contributed by atoms with Gasteiger partial charge in [0.1, 0.15) is 5.58 Å². The molecule has 8 heteroatoms. The largest absolute Gasteiger partial charge is 0.451 e. The van der Waals surface area contributed by atoms with Gasteiger partial charge >= 0.3 is 0 Å². The zero-order valence-corrected chi connectivity index (χ0v) is 15.2. The van der Waals surface area contributed by atoms with E-state index < -0.39 is 10.0 Å². The van der Waals surface area contributed by atoms with Gasteiger partial charge in [-0.25, -0.2) is 12.7 Å². The van der Waals surface area contributed by atoms with Gasteiger partial charge < -0.3 is 14.1 Å². The van der Waals surface area contributed by atoms with E-state index in [9.17, 15) is 13.2 Å². The molecule has 0 atom stereocenters. The molecular formula is C17H22N2O5S. The van der Waals surface area contributed by atoms with E-state index in [2.05, 4.69) is 0 Å². The molecule has 0 unspecified atom stereocenters. The Labute approximate surface area is 147 Å². The normalized spacial score (nSPS) is 17.0. The predicted molar refractivity (Wildman–Crippen MR) is 93.9 cm³/mol. The van der Waals surface area contributed by atoms with Crippen molar-refractivity contribution in [2.45, 2.75) is 13.0 Å². The van der Waals surface area contributed by atoms with Crippen LogP contribution in [0.1, 0.15) is 22.5 Å². The highest BCUT2D eigenvalue weighted by Crippen LogP contribution is 2.28. The molecule has 7 nitrogen and oxygen atoms in total. The van der Waals surface area contributed by atoms with Crippen molar-refractivity contribution >= 4 is 26.9 Å². The third-order valence-electron chi connectivity index (χ3n) is 4.39. The summed E-state index contributed by atoms with van der Waals surface area (Å²) in [5.41, 5.74) is 1.37. The van der Waals surface area contributed by atoms with Crippen LogP contribution in [-0.4, -0.2) is 63.1 Å². The number of hydrogen-bond acceptors (Lipinski definition) is 5. The van der Waals surface area contributed by atoms with Gasteiger partial charge in [-0.1, -0.05) is 18.2 Å². The number of benzene rings is 1. The van der Waals surface area contributed by atoms with E-state index in [4.69, 9.17) is 9.15 Å². The zero-order valence-electron chi connectivity index (χ0n) is 14.4. The smallest absolute Gasteiger partial charge is 0.290 e. The molecule has 1 amide bonds. The van der Waals surface area contributed by atoms with E-state index in [-0.39, 0.29) is 18.3 Å². The number of amides is 1. The number of sulfonamides is 1. The highest BCUT2D eigenvalue weighted by atomic mass is 32.2. The predicted octanol–water partition coefficient (Wildman–Crippen LogP) is 1.69. The van der Waals surface area contributed by atoms with E-state index >= 15 is 0 Å². The van der Waals surface area contributed by atoms with Crippen LogP contribution in [0.3, 0.4) is 0 Å². The summed E-state index contributed by atoms with van der Waals surface area (Å²) >= 11 is 0. The molecular weight excluding hydrogens is 344 g/mol. The molecule has 0 aliphatic carbocycles. The molecule has 3 rings (SSSR count). The van der Waals surface area contributed by atoms with Crippen molar-refractivity contribution in [3.05, 3.63) is 35.6 Å². The number of methoxy groups -OCH3 is 1. The van der Waals surface area contributed by atoms with Gasteiger partial charge in [-0.3, -0.25) is 4.79 Å². The van der Waals surface area contributed by atoms with Crippen LogP contribution >= 0.6 is 0 Å². The third kappa shape index (κ3) is 3.70. The number of nitrogens with zero attached hydrogens (tertiary/aromatic N) is 2. The molecule has 1 aliphatic rings. The second kappa shape index (κ2) is 7.15. The molecule has 0 spiro atoms. The number of ether oxygens (including phenoxy) is 1. The summed E-state index contributed by atoms with van der Waals surface area (Å²) in [4.78, 5) is 14.6. The van der Waals surface area contributed by atoms with Crippen molar-refractivity contribution < 1.29 is 22.4 Å². The summed E-state index contributed by atoms with van der Waals surface area (Å²) in [6.45, 7) is 1.84. The average Bonchev–Trinajstić information content (AvgIpc) is 2.76. The fraction of sp³-hybridized carbons (Fsp3) is 0.471. The molecule has 2 aromatic rings. The first-order valence-corrected chi connectivity index (χ1v) is 10.0. The van der Waals surface area contributed by atoms with Crippen LogP contribution in [0.15, 0.2) is 28.7 Å². The van der Waals surface area contributed by atoms with E-state index in [1.807, 2.05) is 24.3 Å². The minimum Gasteiger partial charge on any atom is -0.451 e. The SMILES string of the molecule is COCc1c(C(=O)N2CCCN(S(C)(=O)=O)CC2)oc2ccccc12. The van der Waals surface area contributed by atoms with Gasteiger partial charge in [0.05, 0.1) is 12.9 Å². The lowest BCUT2D eigenvalue weighted by atomic mass is 10.1. The lowest BCUT2D eigenvalue weighted by Crippen LogP contribution is -2.37. The Morgan fingerprint density at radius 2 is 1.96 bits per heavy atom. The Morgan fingerprint density at radius 1 is 1.20 bits per heavy atom. The van der Waals surface area contributed by atoms with E-state index in [0.717, 1.165) is 10.9 Å². The summed E-state index contributed by atoms with van der Waals surface area (Å²) in [6, 6.07) is 7.46. The molecule has 136 valence electrons. The first kappa shape index (κ1) is 17.9. The lowest BCUT2D eigenvalue weighted by molar-refractivity contribution is 0.0728. The second-order valence-electron chi connectivity index (χ2n) is 6.15. The molecule has 0 radical (unpaired) electrons. The minimum atomic E-state index is -3.25. The van der Waals surface area contributed by atoms with Crippen LogP contribution in [0.25, 0.3) is 11.0 Å². The second-order valence-corrected chi connectivity index (χ2v) is 8.13. The Morgan fingerprint density at radius 3 is 2.68 bits per heavy atom. The molecule has 0 N–H and O–H groups in total. The maximum absolute atomic E-state index is 13.0. The first-order valence-electron chi connectivity index (χ1n) is 8.15. The molecule has 1 aromatic heterocycles. The quantitative estimate of drug-likeness (QED) is 0.823. The fourth-order valence-corrected chi connectivity index (χ4v) is 4.01. The number of para-hydroxylation sites is 1. The first-order chi connectivity index (χ1) is 11.9. The highest BCUT2D eigenvalue weighted by molar-refractivity contribution is 7.88. The Hall–Kier alpha value is -1.90. The molecule has 1 fully saturated rings. The van der Waals surface area contributed by atoms with Crippen LogP contribution in [0.2, 0.25) is 0 Å². The van der Waals surface area contributed by atoms with Crippen LogP contribution in [0.4, 0.5) is 0 Å². The molecule has 1 saturated heterocycles. The zero-order chi connectivity index (χ0) is 18.0. The number of carbonyl (C=O) groups is 1. The van der Waals surface area contributed by atoms with Gasteiger partial charge in [-0.05, 0) is 12.5 Å². The third-order valence-corrected chi connectivity index (χ3v) is 5.70. The molecule has 2 heterocycles. The van der Waals surface area contributed by atoms with Crippen molar-refractivity contribution in [3.8, 4) is 0 Å². The van der Waals surface area contributed by atoms with Crippen LogP contribution in [0, 0.1) is 0 Å². The number of carbonyl (C=O) groups excluding carboxylic acids is 1. The fourth-order valence-electron chi connectivity index (χ4n) is 3.13. The van der Waals surface area contributed by atoms with Crippen molar-refractivity contribution in [1.29, 1.82) is 0 Å². The summed E-state index contributed by atoms with van der Waals surface area (Å²) in [6.07, 6.45) is 1.79. The van der Waals surface area contributed by atoms with Crippen molar-refractivity contribution in [3.63, 3.8) is 0 Å². The van der Waals surface area contributed by atoms with E-state index in [1.165, 1.54) is 10.6 Å². The Kier molecular flexibility index (Phi) is 5.12. The van der Waals surface area contributed by atoms with Crippen molar-refractivity contribution in [2.24, 2.45) is 0 Å². The summed E-state index contributed by atoms with van der Waals surface area (Å²) in [5, 5.41) is 0.861. The van der Waals surface area contributed by atoms with Crippen molar-refractivity contribution in [1.82, 2.24) is 9.21 Å². The van der Waals surface area contributed by atoms with Gasteiger partial charge in [-0.15, -0.1) is 0 Å². The topological polar surface area (TPSA) is 80.1 Å². The molecule has 1 aromatic carbocycles. The molecule has 1 aliphatic heterocycles. The van der Waals surface area contributed by atoms with Gasteiger partial charge in [0, 0.05) is 44.2 Å². The number of fused-ring (bicyclic) bond motifs is 1. The monoisotopic (exact) mass is 366 g/mol. The summed E-state index contributed by atoms with van der Waals surface area (Å²) < 4.78 is 35.9. The maximum atomic E-state index is 13.0. The van der Waals surface area contributed by atoms with E-state index in [0.29, 0.717) is 38.2 Å². The maximum Gasteiger partial charge on any atom is 0.290 e.